The summed E-state index contributed by atoms with van der Waals surface area (Å²) in [5.41, 5.74) is -0.0829. The third-order valence-electron chi connectivity index (χ3n) is 2.23. The molecule has 0 saturated heterocycles. The molecule has 92 valence electrons. The highest BCUT2D eigenvalue weighted by Crippen LogP contribution is 2.17. The largest absolute Gasteiger partial charge is 0.478 e. The normalized spacial score (nSPS) is 9.76. The molecule has 0 aliphatic carbocycles. The van der Waals surface area contributed by atoms with E-state index in [0.29, 0.717) is 13.1 Å². The van der Waals surface area contributed by atoms with E-state index in [2.05, 4.69) is 4.98 Å². The zero-order valence-electron chi connectivity index (χ0n) is 9.71. The number of nitrogens with zero attached hydrogens (tertiary/aromatic N) is 2. The van der Waals surface area contributed by atoms with Crippen LogP contribution in [0.3, 0.4) is 0 Å². The lowest BCUT2D eigenvalue weighted by molar-refractivity contribution is 0.0693. The van der Waals surface area contributed by atoms with Crippen LogP contribution in [0, 0.1) is 0 Å². The summed E-state index contributed by atoms with van der Waals surface area (Å²) in [6.07, 6.45) is 1.97. The van der Waals surface area contributed by atoms with Crippen LogP contribution in [0.5, 0.6) is 5.75 Å². The second-order valence-corrected chi connectivity index (χ2v) is 3.22. The molecule has 0 radical (unpaired) electrons. The third-order valence-corrected chi connectivity index (χ3v) is 2.23. The Bertz CT molecular complexity index is 416. The summed E-state index contributed by atoms with van der Waals surface area (Å²) in [7, 11) is 0. The molecule has 6 heteroatoms. The number of carboxylic acid groups (broad SMARTS) is 1. The van der Waals surface area contributed by atoms with E-state index in [-0.39, 0.29) is 11.3 Å². The van der Waals surface area contributed by atoms with Gasteiger partial charge >= 0.3 is 12.1 Å². The maximum atomic E-state index is 11.6. The summed E-state index contributed by atoms with van der Waals surface area (Å²) >= 11 is 0. The highest BCUT2D eigenvalue weighted by molar-refractivity contribution is 5.91. The minimum atomic E-state index is -1.16. The second-order valence-electron chi connectivity index (χ2n) is 3.22. The third kappa shape index (κ3) is 3.17. The molecule has 0 atom stereocenters. The fourth-order valence-corrected chi connectivity index (χ4v) is 1.28. The first-order valence-electron chi connectivity index (χ1n) is 5.24. The highest BCUT2D eigenvalue weighted by atomic mass is 16.6. The van der Waals surface area contributed by atoms with Crippen LogP contribution in [0.25, 0.3) is 0 Å². The molecular weight excluding hydrogens is 224 g/mol. The Hall–Kier alpha value is -2.11. The Kier molecular flexibility index (Phi) is 4.45. The van der Waals surface area contributed by atoms with Gasteiger partial charge in [0.15, 0.2) is 5.75 Å². The van der Waals surface area contributed by atoms with E-state index in [0.717, 1.165) is 0 Å². The SMILES string of the molecule is CCN(CC)C(=O)Oc1cnccc1C(=O)O. The van der Waals surface area contributed by atoms with E-state index in [9.17, 15) is 9.59 Å². The van der Waals surface area contributed by atoms with Crippen LogP contribution in [0.4, 0.5) is 4.79 Å². The topological polar surface area (TPSA) is 79.7 Å². The van der Waals surface area contributed by atoms with Crippen LogP contribution in [-0.4, -0.2) is 40.1 Å². The first-order valence-corrected chi connectivity index (χ1v) is 5.24. The van der Waals surface area contributed by atoms with Crippen LogP contribution >= 0.6 is 0 Å². The minimum Gasteiger partial charge on any atom is -0.478 e. The van der Waals surface area contributed by atoms with Gasteiger partial charge in [0.25, 0.3) is 0 Å². The van der Waals surface area contributed by atoms with Crippen LogP contribution in [0.2, 0.25) is 0 Å². The molecular formula is C11H14N2O4. The predicted octanol–water partition coefficient (Wildman–Crippen LogP) is 1.62. The number of ether oxygens (including phenoxy) is 1. The fourth-order valence-electron chi connectivity index (χ4n) is 1.28. The van der Waals surface area contributed by atoms with Crippen molar-refractivity contribution in [2.24, 2.45) is 0 Å². The van der Waals surface area contributed by atoms with Crippen molar-refractivity contribution < 1.29 is 19.4 Å². The molecule has 0 saturated carbocycles. The van der Waals surface area contributed by atoms with Crippen molar-refractivity contribution in [1.82, 2.24) is 9.88 Å². The molecule has 1 aromatic heterocycles. The average molecular weight is 238 g/mol. The molecule has 0 aliphatic rings. The number of aromatic carboxylic acids is 1. The molecule has 1 amide bonds. The van der Waals surface area contributed by atoms with Crippen LogP contribution in [0.1, 0.15) is 24.2 Å². The maximum absolute atomic E-state index is 11.6. The number of hydrogen-bond acceptors (Lipinski definition) is 4. The molecule has 1 aromatic rings. The quantitative estimate of drug-likeness (QED) is 0.862. The molecule has 0 bridgehead atoms. The summed E-state index contributed by atoms with van der Waals surface area (Å²) < 4.78 is 4.99. The van der Waals surface area contributed by atoms with E-state index in [4.69, 9.17) is 9.84 Å². The van der Waals surface area contributed by atoms with Crippen molar-refractivity contribution in [2.75, 3.05) is 13.1 Å². The van der Waals surface area contributed by atoms with Gasteiger partial charge in [-0.15, -0.1) is 0 Å². The lowest BCUT2D eigenvalue weighted by Crippen LogP contribution is -2.33. The Morgan fingerprint density at radius 3 is 2.59 bits per heavy atom. The molecule has 0 fully saturated rings. The molecule has 0 spiro atoms. The highest BCUT2D eigenvalue weighted by Gasteiger charge is 2.17. The molecule has 0 unspecified atom stereocenters. The summed E-state index contributed by atoms with van der Waals surface area (Å²) in [4.78, 5) is 27.7. The maximum Gasteiger partial charge on any atom is 0.415 e. The number of hydrogen-bond donors (Lipinski definition) is 1. The smallest absolute Gasteiger partial charge is 0.415 e. The second kappa shape index (κ2) is 5.83. The Labute approximate surface area is 98.8 Å². The van der Waals surface area contributed by atoms with Crippen molar-refractivity contribution in [3.63, 3.8) is 0 Å². The molecule has 0 aliphatic heterocycles. The van der Waals surface area contributed by atoms with Gasteiger partial charge in [-0.05, 0) is 19.9 Å². The first kappa shape index (κ1) is 13.0. The van der Waals surface area contributed by atoms with Gasteiger partial charge in [0.2, 0.25) is 0 Å². The van der Waals surface area contributed by atoms with E-state index in [1.807, 2.05) is 13.8 Å². The van der Waals surface area contributed by atoms with E-state index >= 15 is 0 Å². The molecule has 1 N–H and O–H groups in total. The summed E-state index contributed by atoms with van der Waals surface area (Å²) in [5.74, 6) is -1.20. The van der Waals surface area contributed by atoms with Gasteiger partial charge in [-0.1, -0.05) is 0 Å². The number of carbonyl (C=O) groups is 2. The summed E-state index contributed by atoms with van der Waals surface area (Å²) in [6, 6.07) is 1.28. The number of rotatable bonds is 4. The Balaban J connectivity index is 2.88. The molecule has 17 heavy (non-hydrogen) atoms. The van der Waals surface area contributed by atoms with Crippen molar-refractivity contribution in [1.29, 1.82) is 0 Å². The van der Waals surface area contributed by atoms with E-state index < -0.39 is 12.1 Å². The zero-order chi connectivity index (χ0) is 12.8. The van der Waals surface area contributed by atoms with Crippen molar-refractivity contribution in [3.8, 4) is 5.75 Å². The van der Waals surface area contributed by atoms with Gasteiger partial charge in [0, 0.05) is 19.3 Å². The molecule has 6 nitrogen and oxygen atoms in total. The van der Waals surface area contributed by atoms with Crippen LogP contribution in [0.15, 0.2) is 18.5 Å². The summed E-state index contributed by atoms with van der Waals surface area (Å²) in [5, 5.41) is 8.90. The van der Waals surface area contributed by atoms with E-state index in [1.165, 1.54) is 23.4 Å². The predicted molar refractivity (Wildman–Crippen MR) is 60.1 cm³/mol. The molecule has 0 aromatic carbocycles. The lowest BCUT2D eigenvalue weighted by Gasteiger charge is -2.18. The number of carbonyl (C=O) groups excluding carboxylic acids is 1. The van der Waals surface area contributed by atoms with Gasteiger partial charge in [-0.3, -0.25) is 4.98 Å². The lowest BCUT2D eigenvalue weighted by atomic mass is 10.2. The van der Waals surface area contributed by atoms with Crippen LogP contribution < -0.4 is 4.74 Å². The van der Waals surface area contributed by atoms with Crippen molar-refractivity contribution in [2.45, 2.75) is 13.8 Å². The van der Waals surface area contributed by atoms with Crippen LogP contribution in [-0.2, 0) is 0 Å². The average Bonchev–Trinajstić information content (AvgIpc) is 2.31. The Morgan fingerprint density at radius 1 is 1.41 bits per heavy atom. The standard InChI is InChI=1S/C11H14N2O4/c1-3-13(4-2)11(16)17-9-7-12-6-5-8(9)10(14)15/h5-7H,3-4H2,1-2H3,(H,14,15). The minimum absolute atomic E-state index is 0.0445. The van der Waals surface area contributed by atoms with Crippen molar-refractivity contribution >= 4 is 12.1 Å². The van der Waals surface area contributed by atoms with E-state index in [1.54, 1.807) is 0 Å². The van der Waals surface area contributed by atoms with Gasteiger partial charge in [0.1, 0.15) is 5.56 Å². The zero-order valence-corrected chi connectivity index (χ0v) is 9.71. The monoisotopic (exact) mass is 238 g/mol. The Morgan fingerprint density at radius 2 is 2.06 bits per heavy atom. The first-order chi connectivity index (χ1) is 8.10. The number of aromatic nitrogens is 1. The number of carboxylic acids is 1. The van der Waals surface area contributed by atoms with Crippen molar-refractivity contribution in [3.05, 3.63) is 24.0 Å². The van der Waals surface area contributed by atoms with Gasteiger partial charge < -0.3 is 14.7 Å². The fraction of sp³-hybridized carbons (Fsp3) is 0.364. The number of pyridine rings is 1. The molecule has 1 heterocycles. The summed E-state index contributed by atoms with van der Waals surface area (Å²) in [6.45, 7) is 4.62. The number of amides is 1. The van der Waals surface area contributed by atoms with Gasteiger partial charge in [-0.25, -0.2) is 9.59 Å². The molecule has 1 rings (SSSR count). The van der Waals surface area contributed by atoms with Gasteiger partial charge in [0.05, 0.1) is 6.20 Å². The van der Waals surface area contributed by atoms with Gasteiger partial charge in [-0.2, -0.15) is 0 Å².